The van der Waals surface area contributed by atoms with E-state index in [1.807, 2.05) is 20.8 Å². The second-order valence-corrected chi connectivity index (χ2v) is 5.90. The van der Waals surface area contributed by atoms with Crippen LogP contribution in [0.3, 0.4) is 0 Å². The van der Waals surface area contributed by atoms with Crippen molar-refractivity contribution in [3.8, 4) is 0 Å². The number of fused-ring (bicyclic) bond motifs is 1. The summed E-state index contributed by atoms with van der Waals surface area (Å²) in [6.07, 6.45) is 0. The fourth-order valence-electron chi connectivity index (χ4n) is 1.79. The highest BCUT2D eigenvalue weighted by atomic mass is 32.2. The standard InChI is InChI=1S/C11H13NO3S.H3N/c1-7-11(2,3)9-6-8(16(13,14)15)4-5-10(9)12-7;/h4-6H,1-3H3,(H,13,14,15);1H3. The molecule has 0 fully saturated rings. The lowest BCUT2D eigenvalue weighted by molar-refractivity contribution is 0.483. The van der Waals surface area contributed by atoms with Crippen LogP contribution in [-0.4, -0.2) is 18.7 Å². The first-order chi connectivity index (χ1) is 7.23. The van der Waals surface area contributed by atoms with Crippen LogP contribution in [0, 0.1) is 0 Å². The molecule has 0 amide bonds. The number of nitrogens with zero attached hydrogens (tertiary/aromatic N) is 1. The minimum absolute atomic E-state index is 0. The van der Waals surface area contributed by atoms with Crippen LogP contribution in [0.2, 0.25) is 0 Å². The molecule has 0 aliphatic carbocycles. The molecule has 0 bridgehead atoms. The van der Waals surface area contributed by atoms with Gasteiger partial charge in [0.15, 0.2) is 0 Å². The summed E-state index contributed by atoms with van der Waals surface area (Å²) in [7, 11) is -4.14. The molecule has 94 valence electrons. The van der Waals surface area contributed by atoms with Crippen LogP contribution in [0.4, 0.5) is 5.69 Å². The van der Waals surface area contributed by atoms with E-state index >= 15 is 0 Å². The third-order valence-corrected chi connectivity index (χ3v) is 3.98. The van der Waals surface area contributed by atoms with Gasteiger partial charge in [-0.25, -0.2) is 0 Å². The molecular formula is C11H16N2O3S. The maximum absolute atomic E-state index is 11.0. The minimum atomic E-state index is -4.14. The molecule has 0 aromatic heterocycles. The summed E-state index contributed by atoms with van der Waals surface area (Å²) in [5, 5.41) is 0. The average Bonchev–Trinajstić information content (AvgIpc) is 2.37. The molecule has 0 spiro atoms. The highest BCUT2D eigenvalue weighted by Crippen LogP contribution is 2.40. The Hall–Kier alpha value is -1.24. The van der Waals surface area contributed by atoms with Crippen LogP contribution < -0.4 is 6.15 Å². The van der Waals surface area contributed by atoms with Gasteiger partial charge < -0.3 is 6.15 Å². The molecule has 17 heavy (non-hydrogen) atoms. The molecule has 1 aromatic carbocycles. The van der Waals surface area contributed by atoms with Gasteiger partial charge in [-0.2, -0.15) is 8.42 Å². The molecule has 1 aliphatic heterocycles. The molecule has 6 heteroatoms. The van der Waals surface area contributed by atoms with Gasteiger partial charge >= 0.3 is 0 Å². The van der Waals surface area contributed by atoms with Crippen molar-refractivity contribution in [2.45, 2.75) is 31.1 Å². The van der Waals surface area contributed by atoms with Crippen LogP contribution in [-0.2, 0) is 15.5 Å². The van der Waals surface area contributed by atoms with Crippen molar-refractivity contribution in [3.63, 3.8) is 0 Å². The number of rotatable bonds is 1. The molecule has 1 heterocycles. The molecule has 5 nitrogen and oxygen atoms in total. The maximum Gasteiger partial charge on any atom is 0.294 e. The number of hydrogen-bond donors (Lipinski definition) is 2. The molecule has 0 saturated carbocycles. The quantitative estimate of drug-likeness (QED) is 0.753. The van der Waals surface area contributed by atoms with Gasteiger partial charge in [0.1, 0.15) is 0 Å². The molecule has 0 radical (unpaired) electrons. The van der Waals surface area contributed by atoms with Crippen molar-refractivity contribution in [2.24, 2.45) is 4.99 Å². The van der Waals surface area contributed by atoms with Crippen molar-refractivity contribution in [1.29, 1.82) is 0 Å². The van der Waals surface area contributed by atoms with Gasteiger partial charge in [-0.05, 0) is 30.7 Å². The van der Waals surface area contributed by atoms with Crippen molar-refractivity contribution in [2.75, 3.05) is 0 Å². The number of aliphatic imine (C=N–C) groups is 1. The van der Waals surface area contributed by atoms with E-state index in [4.69, 9.17) is 4.55 Å². The molecule has 0 saturated heterocycles. The van der Waals surface area contributed by atoms with E-state index in [-0.39, 0.29) is 16.5 Å². The molecule has 4 N–H and O–H groups in total. The summed E-state index contributed by atoms with van der Waals surface area (Å²) in [5.74, 6) is 0. The van der Waals surface area contributed by atoms with E-state index in [1.165, 1.54) is 12.1 Å². The summed E-state index contributed by atoms with van der Waals surface area (Å²) in [5.41, 5.74) is 2.26. The maximum atomic E-state index is 11.0. The zero-order chi connectivity index (χ0) is 12.1. The Labute approximate surface area is 101 Å². The van der Waals surface area contributed by atoms with Crippen molar-refractivity contribution in [3.05, 3.63) is 23.8 Å². The highest BCUT2D eigenvalue weighted by Gasteiger charge is 2.33. The normalized spacial score (nSPS) is 17.1. The topological polar surface area (TPSA) is 102 Å². The van der Waals surface area contributed by atoms with E-state index in [1.54, 1.807) is 6.07 Å². The molecule has 0 atom stereocenters. The van der Waals surface area contributed by atoms with Crippen LogP contribution in [0.25, 0.3) is 0 Å². The lowest BCUT2D eigenvalue weighted by Gasteiger charge is -2.20. The van der Waals surface area contributed by atoms with Crippen LogP contribution in [0.5, 0.6) is 0 Å². The van der Waals surface area contributed by atoms with Crippen LogP contribution in [0.1, 0.15) is 26.3 Å². The van der Waals surface area contributed by atoms with Crippen molar-refractivity contribution < 1.29 is 13.0 Å². The SMILES string of the molecule is CC1=Nc2ccc(S(=O)(=O)O)cc2C1(C)C.N. The summed E-state index contributed by atoms with van der Waals surface area (Å²) in [4.78, 5) is 4.29. The first kappa shape index (κ1) is 13.8. The Morgan fingerprint density at radius 1 is 1.29 bits per heavy atom. The zero-order valence-electron chi connectivity index (χ0n) is 10.1. The number of benzene rings is 1. The third kappa shape index (κ3) is 2.11. The molecule has 1 aromatic rings. The molecule has 2 rings (SSSR count). The number of hydrogen-bond acceptors (Lipinski definition) is 4. The van der Waals surface area contributed by atoms with E-state index in [0.29, 0.717) is 0 Å². The monoisotopic (exact) mass is 256 g/mol. The smallest absolute Gasteiger partial charge is 0.294 e. The summed E-state index contributed by atoms with van der Waals surface area (Å²) in [6, 6.07) is 4.48. The van der Waals surface area contributed by atoms with Gasteiger partial charge in [0.2, 0.25) is 0 Å². The molecular weight excluding hydrogens is 240 g/mol. The van der Waals surface area contributed by atoms with Crippen molar-refractivity contribution in [1.82, 2.24) is 6.15 Å². The van der Waals surface area contributed by atoms with E-state index in [2.05, 4.69) is 4.99 Å². The fourth-order valence-corrected chi connectivity index (χ4v) is 2.30. The van der Waals surface area contributed by atoms with Crippen LogP contribution in [0.15, 0.2) is 28.1 Å². The third-order valence-electron chi connectivity index (χ3n) is 3.13. The summed E-state index contributed by atoms with van der Waals surface area (Å²) >= 11 is 0. The Morgan fingerprint density at radius 2 is 1.88 bits per heavy atom. The Bertz CT molecular complexity index is 589. The van der Waals surface area contributed by atoms with E-state index in [0.717, 1.165) is 17.0 Å². The highest BCUT2D eigenvalue weighted by molar-refractivity contribution is 7.85. The van der Waals surface area contributed by atoms with Gasteiger partial charge in [0, 0.05) is 11.1 Å². The van der Waals surface area contributed by atoms with Crippen LogP contribution >= 0.6 is 0 Å². The zero-order valence-corrected chi connectivity index (χ0v) is 10.9. The lowest BCUT2D eigenvalue weighted by Crippen LogP contribution is -2.22. The molecule has 0 unspecified atom stereocenters. The van der Waals surface area contributed by atoms with Gasteiger partial charge in [0.25, 0.3) is 10.1 Å². The van der Waals surface area contributed by atoms with E-state index < -0.39 is 10.1 Å². The molecule has 1 aliphatic rings. The Balaban J connectivity index is 0.00000144. The van der Waals surface area contributed by atoms with Gasteiger partial charge in [0.05, 0.1) is 10.6 Å². The summed E-state index contributed by atoms with van der Waals surface area (Å²) < 4.78 is 31.1. The van der Waals surface area contributed by atoms with Gasteiger partial charge in [-0.15, -0.1) is 0 Å². The average molecular weight is 256 g/mol. The van der Waals surface area contributed by atoms with Gasteiger partial charge in [-0.1, -0.05) is 13.8 Å². The second kappa shape index (κ2) is 3.90. The Morgan fingerprint density at radius 3 is 2.41 bits per heavy atom. The Kier molecular flexibility index (Phi) is 3.17. The largest absolute Gasteiger partial charge is 0.344 e. The predicted molar refractivity (Wildman–Crippen MR) is 67.1 cm³/mol. The lowest BCUT2D eigenvalue weighted by atomic mass is 9.82. The second-order valence-electron chi connectivity index (χ2n) is 4.48. The minimum Gasteiger partial charge on any atom is -0.344 e. The summed E-state index contributed by atoms with van der Waals surface area (Å²) in [6.45, 7) is 5.87. The van der Waals surface area contributed by atoms with Crippen molar-refractivity contribution >= 4 is 21.5 Å². The fraction of sp³-hybridized carbons (Fsp3) is 0.364. The van der Waals surface area contributed by atoms with Gasteiger partial charge in [-0.3, -0.25) is 9.55 Å². The first-order valence-electron chi connectivity index (χ1n) is 4.91. The predicted octanol–water partition coefficient (Wildman–Crippen LogP) is 2.48. The first-order valence-corrected chi connectivity index (χ1v) is 6.35. The van der Waals surface area contributed by atoms with E-state index in [9.17, 15) is 8.42 Å².